The van der Waals surface area contributed by atoms with Crippen molar-refractivity contribution in [3.05, 3.63) is 0 Å². The van der Waals surface area contributed by atoms with Crippen LogP contribution in [0.3, 0.4) is 0 Å². The predicted octanol–water partition coefficient (Wildman–Crippen LogP) is 0.130. The minimum absolute atomic E-state index is 0.00898. The lowest BCUT2D eigenvalue weighted by Gasteiger charge is -2.41. The van der Waals surface area contributed by atoms with Gasteiger partial charge in [0, 0.05) is 13.2 Å². The smallest absolute Gasteiger partial charge is 0.320 e. The Morgan fingerprint density at radius 1 is 1.73 bits per heavy atom. The molecular formula is C7H14N2O2. The van der Waals surface area contributed by atoms with Gasteiger partial charge in [-0.15, -0.1) is 0 Å². The van der Waals surface area contributed by atoms with E-state index in [0.29, 0.717) is 13.0 Å². The second-order valence-electron chi connectivity index (χ2n) is 2.64. The Kier molecular flexibility index (Phi) is 2.70. The van der Waals surface area contributed by atoms with Crippen molar-refractivity contribution in [2.45, 2.75) is 25.9 Å². The molecule has 2 amide bonds. The zero-order valence-corrected chi connectivity index (χ0v) is 6.71. The lowest BCUT2D eigenvalue weighted by molar-refractivity contribution is 0.0979. The van der Waals surface area contributed by atoms with Crippen LogP contribution in [0.5, 0.6) is 0 Å². The molecule has 4 nitrogen and oxygen atoms in total. The summed E-state index contributed by atoms with van der Waals surface area (Å²) in [5.41, 5.74) is 0. The minimum atomic E-state index is -0.00898. The minimum Gasteiger partial charge on any atom is -0.396 e. The molecule has 0 aliphatic carbocycles. The molecule has 1 atom stereocenters. The second kappa shape index (κ2) is 3.57. The first kappa shape index (κ1) is 8.33. The van der Waals surface area contributed by atoms with Gasteiger partial charge in [-0.1, -0.05) is 6.92 Å². The number of carbonyl (C=O) groups is 1. The molecule has 1 heterocycles. The lowest BCUT2D eigenvalue weighted by atomic mass is 10.2. The molecule has 0 aromatic heterocycles. The number of amides is 2. The lowest BCUT2D eigenvalue weighted by Crippen LogP contribution is -2.65. The van der Waals surface area contributed by atoms with Crippen molar-refractivity contribution in [3.63, 3.8) is 0 Å². The molecule has 1 fully saturated rings. The maximum Gasteiger partial charge on any atom is 0.320 e. The third-order valence-electron chi connectivity index (χ3n) is 1.87. The molecular weight excluding hydrogens is 144 g/mol. The standard InChI is InChI=1S/C7H14N2O2/c1-2-6-8-7(11)9(6)4-3-5-10/h6,10H,2-5H2,1H3,(H,8,11). The Labute approximate surface area is 66.2 Å². The molecule has 2 N–H and O–H groups in total. The Morgan fingerprint density at radius 3 is 2.91 bits per heavy atom. The predicted molar refractivity (Wildman–Crippen MR) is 41.0 cm³/mol. The van der Waals surface area contributed by atoms with Crippen molar-refractivity contribution in [2.75, 3.05) is 13.2 Å². The van der Waals surface area contributed by atoms with Gasteiger partial charge in [0.1, 0.15) is 6.17 Å². The summed E-state index contributed by atoms with van der Waals surface area (Å²) >= 11 is 0. The van der Waals surface area contributed by atoms with Gasteiger partial charge >= 0.3 is 6.03 Å². The van der Waals surface area contributed by atoms with Crippen LogP contribution in [0.4, 0.5) is 4.79 Å². The van der Waals surface area contributed by atoms with Gasteiger partial charge in [0.15, 0.2) is 0 Å². The fraction of sp³-hybridized carbons (Fsp3) is 0.857. The van der Waals surface area contributed by atoms with Crippen molar-refractivity contribution in [3.8, 4) is 0 Å². The number of carbonyl (C=O) groups excluding carboxylic acids is 1. The largest absolute Gasteiger partial charge is 0.396 e. The van der Waals surface area contributed by atoms with Crippen LogP contribution in [0.2, 0.25) is 0 Å². The normalized spacial score (nSPS) is 22.9. The van der Waals surface area contributed by atoms with Crippen LogP contribution in [0.1, 0.15) is 19.8 Å². The number of urea groups is 1. The number of aliphatic hydroxyl groups is 1. The molecule has 0 aromatic rings. The van der Waals surface area contributed by atoms with Crippen LogP contribution in [0.15, 0.2) is 0 Å². The maximum atomic E-state index is 10.8. The molecule has 0 aromatic carbocycles. The third-order valence-corrected chi connectivity index (χ3v) is 1.87. The van der Waals surface area contributed by atoms with Crippen molar-refractivity contribution in [1.29, 1.82) is 0 Å². The number of nitrogens with one attached hydrogen (secondary N) is 1. The zero-order chi connectivity index (χ0) is 8.27. The first-order valence-electron chi connectivity index (χ1n) is 3.97. The van der Waals surface area contributed by atoms with E-state index < -0.39 is 0 Å². The van der Waals surface area contributed by atoms with Crippen LogP contribution in [0, 0.1) is 0 Å². The van der Waals surface area contributed by atoms with Crippen molar-refractivity contribution in [2.24, 2.45) is 0 Å². The number of aliphatic hydroxyl groups excluding tert-OH is 1. The summed E-state index contributed by atoms with van der Waals surface area (Å²) in [5.74, 6) is 0. The van der Waals surface area contributed by atoms with E-state index in [9.17, 15) is 4.79 Å². The summed E-state index contributed by atoms with van der Waals surface area (Å²) in [6.45, 7) is 2.84. The molecule has 1 aliphatic heterocycles. The highest BCUT2D eigenvalue weighted by molar-refractivity contribution is 5.80. The average molecular weight is 158 g/mol. The summed E-state index contributed by atoms with van der Waals surface area (Å²) < 4.78 is 0. The fourth-order valence-electron chi connectivity index (χ4n) is 1.20. The Hall–Kier alpha value is -0.770. The summed E-state index contributed by atoms with van der Waals surface area (Å²) in [5, 5.41) is 11.3. The topological polar surface area (TPSA) is 52.6 Å². The van der Waals surface area contributed by atoms with E-state index in [-0.39, 0.29) is 18.8 Å². The SMILES string of the molecule is CCC1NC(=O)N1CCCO. The Balaban J connectivity index is 2.24. The molecule has 0 spiro atoms. The average Bonchev–Trinajstić information content (AvgIpc) is 2.00. The monoisotopic (exact) mass is 158 g/mol. The van der Waals surface area contributed by atoms with E-state index in [2.05, 4.69) is 5.32 Å². The van der Waals surface area contributed by atoms with Gasteiger partial charge in [-0.25, -0.2) is 4.79 Å². The first-order chi connectivity index (χ1) is 5.29. The van der Waals surface area contributed by atoms with Crippen LogP contribution < -0.4 is 5.32 Å². The van der Waals surface area contributed by atoms with Crippen molar-refractivity contribution >= 4 is 6.03 Å². The van der Waals surface area contributed by atoms with E-state index in [1.807, 2.05) is 6.92 Å². The Morgan fingerprint density at radius 2 is 2.45 bits per heavy atom. The quantitative estimate of drug-likeness (QED) is 0.611. The summed E-state index contributed by atoms with van der Waals surface area (Å²) in [6, 6.07) is -0.00898. The molecule has 1 saturated heterocycles. The molecule has 0 saturated carbocycles. The fourth-order valence-corrected chi connectivity index (χ4v) is 1.20. The molecule has 64 valence electrons. The van der Waals surface area contributed by atoms with Crippen LogP contribution in [-0.4, -0.2) is 35.4 Å². The second-order valence-corrected chi connectivity index (χ2v) is 2.64. The maximum absolute atomic E-state index is 10.8. The van der Waals surface area contributed by atoms with Crippen molar-refractivity contribution < 1.29 is 9.90 Å². The molecule has 4 heteroatoms. The van der Waals surface area contributed by atoms with Crippen LogP contribution >= 0.6 is 0 Å². The molecule has 1 aliphatic rings. The highest BCUT2D eigenvalue weighted by Crippen LogP contribution is 2.11. The molecule has 11 heavy (non-hydrogen) atoms. The van der Waals surface area contributed by atoms with E-state index in [0.717, 1.165) is 6.42 Å². The van der Waals surface area contributed by atoms with Crippen LogP contribution in [-0.2, 0) is 0 Å². The molecule has 1 unspecified atom stereocenters. The van der Waals surface area contributed by atoms with Gasteiger partial charge in [-0.05, 0) is 12.8 Å². The number of hydrogen-bond acceptors (Lipinski definition) is 2. The highest BCUT2D eigenvalue weighted by atomic mass is 16.3. The zero-order valence-electron chi connectivity index (χ0n) is 6.71. The molecule has 1 rings (SSSR count). The van der Waals surface area contributed by atoms with Crippen LogP contribution in [0.25, 0.3) is 0 Å². The molecule has 0 radical (unpaired) electrons. The van der Waals surface area contributed by atoms with Gasteiger partial charge in [0.05, 0.1) is 0 Å². The number of hydrogen-bond donors (Lipinski definition) is 2. The molecule has 0 bridgehead atoms. The highest BCUT2D eigenvalue weighted by Gasteiger charge is 2.32. The van der Waals surface area contributed by atoms with Gasteiger partial charge in [0.2, 0.25) is 0 Å². The summed E-state index contributed by atoms with van der Waals surface area (Å²) in [7, 11) is 0. The number of nitrogens with zero attached hydrogens (tertiary/aromatic N) is 1. The third kappa shape index (κ3) is 1.63. The van der Waals surface area contributed by atoms with Crippen molar-refractivity contribution in [1.82, 2.24) is 10.2 Å². The Bertz CT molecular complexity index is 149. The van der Waals surface area contributed by atoms with E-state index in [1.54, 1.807) is 4.90 Å². The first-order valence-corrected chi connectivity index (χ1v) is 3.97. The summed E-state index contributed by atoms with van der Waals surface area (Å²) in [6.07, 6.45) is 1.80. The van der Waals surface area contributed by atoms with Gasteiger partial charge in [-0.3, -0.25) is 0 Å². The van der Waals surface area contributed by atoms with E-state index in [1.165, 1.54) is 0 Å². The summed E-state index contributed by atoms with van der Waals surface area (Å²) in [4.78, 5) is 12.6. The van der Waals surface area contributed by atoms with E-state index >= 15 is 0 Å². The van der Waals surface area contributed by atoms with Gasteiger partial charge in [0.25, 0.3) is 0 Å². The van der Waals surface area contributed by atoms with Gasteiger partial charge < -0.3 is 15.3 Å². The number of rotatable bonds is 4. The van der Waals surface area contributed by atoms with E-state index in [4.69, 9.17) is 5.11 Å². The van der Waals surface area contributed by atoms with Gasteiger partial charge in [-0.2, -0.15) is 0 Å².